The molecule has 2 aromatic heterocycles. The van der Waals surface area contributed by atoms with Crippen molar-refractivity contribution in [2.75, 3.05) is 33.4 Å². The number of methoxy groups -OCH3 is 1. The highest BCUT2D eigenvalue weighted by atomic mass is 16.5. The maximum atomic E-state index is 13.7. The highest BCUT2D eigenvalue weighted by Gasteiger charge is 2.49. The van der Waals surface area contributed by atoms with Crippen LogP contribution in [-0.4, -0.2) is 69.6 Å². The predicted molar refractivity (Wildman–Crippen MR) is 128 cm³/mol. The zero-order valence-corrected chi connectivity index (χ0v) is 19.8. The number of amides is 2. The quantitative estimate of drug-likeness (QED) is 0.647. The van der Waals surface area contributed by atoms with E-state index in [1.54, 1.807) is 38.6 Å². The molecule has 8 heteroatoms. The van der Waals surface area contributed by atoms with Gasteiger partial charge in [-0.15, -0.1) is 0 Å². The van der Waals surface area contributed by atoms with E-state index in [2.05, 4.69) is 15.6 Å². The van der Waals surface area contributed by atoms with Gasteiger partial charge in [-0.05, 0) is 42.7 Å². The summed E-state index contributed by atoms with van der Waals surface area (Å²) < 4.78 is 7.58. The number of ether oxygens (including phenoxy) is 1. The number of likely N-dealkylation sites (tertiary alicyclic amines) is 1. The third kappa shape index (κ3) is 3.36. The third-order valence-electron chi connectivity index (χ3n) is 7.68. The summed E-state index contributed by atoms with van der Waals surface area (Å²) in [6, 6.07) is 9.00. The van der Waals surface area contributed by atoms with Crippen molar-refractivity contribution < 1.29 is 19.4 Å². The van der Waals surface area contributed by atoms with Gasteiger partial charge in [-0.2, -0.15) is 0 Å². The molecule has 178 valence electrons. The summed E-state index contributed by atoms with van der Waals surface area (Å²) in [5.74, 6) is 0.714. The molecular weight excluding hydrogens is 432 g/mol. The van der Waals surface area contributed by atoms with Crippen LogP contribution in [0.25, 0.3) is 10.9 Å². The lowest BCUT2D eigenvalue weighted by molar-refractivity contribution is -0.130. The summed E-state index contributed by atoms with van der Waals surface area (Å²) in [7, 11) is 3.64. The Hall–Kier alpha value is -3.39. The van der Waals surface area contributed by atoms with Crippen LogP contribution in [-0.2, 0) is 17.3 Å². The average Bonchev–Trinajstić information content (AvgIpc) is 3.17. The first-order chi connectivity index (χ1) is 16.4. The standard InChI is InChI=1S/C26H30N4O4/c1-17(32)29-12-8-26(9-13-29)16-30(25(33)18-6-10-27-11-7-18)22(15-31)24-23(26)20-5-4-19(34-3)14-21(20)28(24)2/h4-7,10-11,14,22,31H,8-9,12-13,15-16H2,1-3H3/t22-/m1/s1. The Morgan fingerprint density at radius 2 is 1.88 bits per heavy atom. The van der Waals surface area contributed by atoms with Crippen molar-refractivity contribution in [3.05, 3.63) is 59.5 Å². The first-order valence-corrected chi connectivity index (χ1v) is 11.6. The Labute approximate surface area is 198 Å². The first-order valence-electron chi connectivity index (χ1n) is 11.6. The number of nitrogens with zero attached hydrogens (tertiary/aromatic N) is 4. The Balaban J connectivity index is 1.70. The normalized spacial score (nSPS) is 19.4. The molecule has 0 unspecified atom stereocenters. The zero-order chi connectivity index (χ0) is 24.0. The number of rotatable bonds is 3. The lowest BCUT2D eigenvalue weighted by Gasteiger charge is -2.50. The van der Waals surface area contributed by atoms with Gasteiger partial charge in [0, 0.05) is 74.1 Å². The predicted octanol–water partition coefficient (Wildman–Crippen LogP) is 2.65. The Kier molecular flexibility index (Phi) is 5.56. The van der Waals surface area contributed by atoms with Crippen LogP contribution in [0, 0.1) is 0 Å². The molecule has 2 aliphatic rings. The van der Waals surface area contributed by atoms with E-state index in [0.29, 0.717) is 25.2 Å². The highest BCUT2D eigenvalue weighted by Crippen LogP contribution is 2.50. The van der Waals surface area contributed by atoms with Crippen LogP contribution in [0.1, 0.15) is 47.4 Å². The van der Waals surface area contributed by atoms with E-state index in [1.807, 2.05) is 29.0 Å². The molecule has 4 heterocycles. The molecule has 0 aliphatic carbocycles. The number of fused-ring (bicyclic) bond motifs is 4. The van der Waals surface area contributed by atoms with Crippen molar-refractivity contribution in [2.24, 2.45) is 7.05 Å². The lowest BCUT2D eigenvalue weighted by Crippen LogP contribution is -2.56. The number of carbonyl (C=O) groups is 2. The van der Waals surface area contributed by atoms with Crippen LogP contribution in [0.2, 0.25) is 0 Å². The van der Waals surface area contributed by atoms with E-state index in [1.165, 1.54) is 5.56 Å². The third-order valence-corrected chi connectivity index (χ3v) is 7.68. The van der Waals surface area contributed by atoms with Crippen LogP contribution in [0.15, 0.2) is 42.7 Å². The van der Waals surface area contributed by atoms with Gasteiger partial charge in [-0.3, -0.25) is 14.6 Å². The van der Waals surface area contributed by atoms with Crippen LogP contribution in [0.3, 0.4) is 0 Å². The summed E-state index contributed by atoms with van der Waals surface area (Å²) in [6.07, 6.45) is 4.73. The van der Waals surface area contributed by atoms with Crippen molar-refractivity contribution in [1.82, 2.24) is 19.4 Å². The zero-order valence-electron chi connectivity index (χ0n) is 19.8. The molecule has 2 amide bonds. The maximum Gasteiger partial charge on any atom is 0.254 e. The minimum atomic E-state index is -0.476. The van der Waals surface area contributed by atoms with Gasteiger partial charge in [0.1, 0.15) is 5.75 Å². The summed E-state index contributed by atoms with van der Waals surface area (Å²) >= 11 is 0. The number of piperidine rings is 1. The SMILES string of the molecule is COc1ccc2c3c(n(C)c2c1)[C@@H](CO)N(C(=O)c1ccncc1)CC31CCN(C(C)=O)CC1. The van der Waals surface area contributed by atoms with E-state index in [4.69, 9.17) is 4.74 Å². The van der Waals surface area contributed by atoms with Gasteiger partial charge < -0.3 is 24.2 Å². The maximum absolute atomic E-state index is 13.7. The van der Waals surface area contributed by atoms with Crippen LogP contribution >= 0.6 is 0 Å². The fourth-order valence-electron chi connectivity index (χ4n) is 5.89. The second-order valence-corrected chi connectivity index (χ2v) is 9.36. The Bertz CT molecular complexity index is 1240. The van der Waals surface area contributed by atoms with Crippen molar-refractivity contribution >= 4 is 22.7 Å². The molecule has 8 nitrogen and oxygen atoms in total. The molecule has 0 saturated carbocycles. The monoisotopic (exact) mass is 462 g/mol. The number of aryl methyl sites for hydroxylation is 1. The second-order valence-electron chi connectivity index (χ2n) is 9.36. The number of hydrogen-bond acceptors (Lipinski definition) is 5. The van der Waals surface area contributed by atoms with Gasteiger partial charge in [0.2, 0.25) is 5.91 Å². The van der Waals surface area contributed by atoms with Crippen molar-refractivity contribution in [3.63, 3.8) is 0 Å². The van der Waals surface area contributed by atoms with Crippen LogP contribution < -0.4 is 4.74 Å². The van der Waals surface area contributed by atoms with Crippen molar-refractivity contribution in [3.8, 4) is 5.75 Å². The topological polar surface area (TPSA) is 87.9 Å². The number of aliphatic hydroxyl groups excluding tert-OH is 1. The molecule has 1 saturated heterocycles. The summed E-state index contributed by atoms with van der Waals surface area (Å²) in [6.45, 7) is 3.20. The van der Waals surface area contributed by atoms with Crippen molar-refractivity contribution in [2.45, 2.75) is 31.2 Å². The molecule has 0 bridgehead atoms. The smallest absolute Gasteiger partial charge is 0.254 e. The average molecular weight is 463 g/mol. The fourth-order valence-corrected chi connectivity index (χ4v) is 5.89. The van der Waals surface area contributed by atoms with E-state index < -0.39 is 6.04 Å². The summed E-state index contributed by atoms with van der Waals surface area (Å²) in [4.78, 5) is 33.5. The number of benzene rings is 1. The number of aliphatic hydroxyl groups is 1. The molecule has 1 aromatic carbocycles. The van der Waals surface area contributed by atoms with Gasteiger partial charge in [0.05, 0.1) is 25.3 Å². The first kappa shape index (κ1) is 22.4. The fraction of sp³-hybridized carbons (Fsp3) is 0.423. The molecule has 2 aliphatic heterocycles. The van der Waals surface area contributed by atoms with Gasteiger partial charge in [-0.1, -0.05) is 0 Å². The molecule has 1 atom stereocenters. The molecule has 34 heavy (non-hydrogen) atoms. The van der Waals surface area contributed by atoms with E-state index >= 15 is 0 Å². The Morgan fingerprint density at radius 1 is 1.18 bits per heavy atom. The minimum absolute atomic E-state index is 0.0755. The van der Waals surface area contributed by atoms with E-state index in [0.717, 1.165) is 35.2 Å². The molecule has 1 N–H and O–H groups in total. The van der Waals surface area contributed by atoms with E-state index in [9.17, 15) is 14.7 Å². The van der Waals surface area contributed by atoms with Gasteiger partial charge >= 0.3 is 0 Å². The summed E-state index contributed by atoms with van der Waals surface area (Å²) in [5, 5.41) is 11.7. The number of pyridine rings is 1. The second kappa shape index (κ2) is 8.43. The summed E-state index contributed by atoms with van der Waals surface area (Å²) in [5.41, 5.74) is 3.39. The van der Waals surface area contributed by atoms with Crippen LogP contribution in [0.5, 0.6) is 5.75 Å². The molecule has 1 fully saturated rings. The number of carbonyl (C=O) groups excluding carboxylic acids is 2. The van der Waals surface area contributed by atoms with Gasteiger partial charge in [0.15, 0.2) is 0 Å². The number of aromatic nitrogens is 2. The van der Waals surface area contributed by atoms with E-state index in [-0.39, 0.29) is 23.8 Å². The highest BCUT2D eigenvalue weighted by molar-refractivity contribution is 5.96. The number of hydrogen-bond donors (Lipinski definition) is 1. The van der Waals surface area contributed by atoms with Crippen LogP contribution in [0.4, 0.5) is 0 Å². The molecule has 5 rings (SSSR count). The van der Waals surface area contributed by atoms with Gasteiger partial charge in [0.25, 0.3) is 5.91 Å². The largest absolute Gasteiger partial charge is 0.497 e. The van der Waals surface area contributed by atoms with Crippen molar-refractivity contribution in [1.29, 1.82) is 0 Å². The Morgan fingerprint density at radius 3 is 2.50 bits per heavy atom. The molecule has 1 spiro atoms. The lowest BCUT2D eigenvalue weighted by atomic mass is 9.68. The molecule has 0 radical (unpaired) electrons. The molecule has 3 aromatic rings. The molecular formula is C26H30N4O4. The minimum Gasteiger partial charge on any atom is -0.497 e. The van der Waals surface area contributed by atoms with Gasteiger partial charge in [-0.25, -0.2) is 0 Å².